The van der Waals surface area contributed by atoms with Gasteiger partial charge >= 0.3 is 12.1 Å². The van der Waals surface area contributed by atoms with Crippen molar-refractivity contribution in [3.05, 3.63) is 88.7 Å². The summed E-state index contributed by atoms with van der Waals surface area (Å²) in [4.78, 5) is 20.5. The molecule has 0 aliphatic carbocycles. The highest BCUT2D eigenvalue weighted by Gasteiger charge is 2.25. The number of pyridine rings is 1. The third kappa shape index (κ3) is 4.85. The van der Waals surface area contributed by atoms with Gasteiger partial charge in [0.15, 0.2) is 0 Å². The SMILES string of the molecule is CN1CCC(n2c(=O)n(Cc3ccc(-c4nnc(C(F)F)o4)cn3)c3ccc(-c4cccc(F)c4)cc32)CC1. The summed E-state index contributed by atoms with van der Waals surface area (Å²) < 4.78 is 48.1. The van der Waals surface area contributed by atoms with Gasteiger partial charge in [0.25, 0.3) is 5.89 Å². The summed E-state index contributed by atoms with van der Waals surface area (Å²) in [6, 6.07) is 15.5. The average Bonchev–Trinajstić information content (AvgIpc) is 3.53. The van der Waals surface area contributed by atoms with Gasteiger partial charge in [-0.1, -0.05) is 18.2 Å². The summed E-state index contributed by atoms with van der Waals surface area (Å²) in [6.07, 6.45) is 0.296. The molecule has 2 aromatic carbocycles. The maximum Gasteiger partial charge on any atom is 0.329 e. The van der Waals surface area contributed by atoms with Crippen LogP contribution in [-0.2, 0) is 6.54 Å². The van der Waals surface area contributed by atoms with Crippen molar-refractivity contribution < 1.29 is 17.6 Å². The van der Waals surface area contributed by atoms with Crippen LogP contribution >= 0.6 is 0 Å². The van der Waals surface area contributed by atoms with E-state index in [1.165, 1.54) is 18.3 Å². The van der Waals surface area contributed by atoms with Crippen LogP contribution in [0.5, 0.6) is 0 Å². The van der Waals surface area contributed by atoms with Crippen LogP contribution in [0, 0.1) is 5.82 Å². The molecule has 0 saturated carbocycles. The van der Waals surface area contributed by atoms with Crippen molar-refractivity contribution in [3.63, 3.8) is 0 Å². The minimum absolute atomic E-state index is 0.0390. The van der Waals surface area contributed by atoms with Gasteiger partial charge in [0.05, 0.1) is 28.8 Å². The molecule has 39 heavy (non-hydrogen) atoms. The molecule has 1 aliphatic heterocycles. The second-order valence-corrected chi connectivity index (χ2v) is 9.77. The molecule has 6 rings (SSSR count). The topological polar surface area (TPSA) is 82.0 Å². The highest BCUT2D eigenvalue weighted by Crippen LogP contribution is 2.30. The predicted molar refractivity (Wildman–Crippen MR) is 139 cm³/mol. The van der Waals surface area contributed by atoms with Gasteiger partial charge in [0.2, 0.25) is 5.89 Å². The van der Waals surface area contributed by atoms with Crippen LogP contribution in [0.2, 0.25) is 0 Å². The number of rotatable bonds is 6. The first kappa shape index (κ1) is 25.1. The fourth-order valence-corrected chi connectivity index (χ4v) is 5.13. The van der Waals surface area contributed by atoms with Crippen molar-refractivity contribution in [1.29, 1.82) is 0 Å². The molecule has 1 fully saturated rings. The number of fused-ring (bicyclic) bond motifs is 1. The largest absolute Gasteiger partial charge is 0.415 e. The van der Waals surface area contributed by atoms with E-state index >= 15 is 0 Å². The Bertz CT molecular complexity index is 1680. The number of imidazole rings is 1. The Morgan fingerprint density at radius 2 is 1.74 bits per heavy atom. The number of halogens is 3. The molecule has 1 saturated heterocycles. The first-order valence-corrected chi connectivity index (χ1v) is 12.6. The molecule has 5 aromatic rings. The standard InChI is InChI=1S/C28H25F3N6O2/c1-35-11-9-22(10-12-35)37-24-14-18(17-3-2-4-20(29)13-17)6-8-23(24)36(28(37)38)16-21-7-5-19(15-32-21)26-33-34-27(39-26)25(30)31/h2-8,13-15,22,25H,9-12,16H2,1H3. The third-order valence-electron chi connectivity index (χ3n) is 7.19. The Balaban J connectivity index is 1.38. The number of aromatic nitrogens is 5. The molecule has 11 heteroatoms. The summed E-state index contributed by atoms with van der Waals surface area (Å²) >= 11 is 0. The highest BCUT2D eigenvalue weighted by molar-refractivity contribution is 5.83. The molecule has 0 radical (unpaired) electrons. The van der Waals surface area contributed by atoms with Gasteiger partial charge in [0.1, 0.15) is 5.82 Å². The maximum atomic E-state index is 13.9. The fourth-order valence-electron chi connectivity index (χ4n) is 5.13. The Labute approximate surface area is 221 Å². The van der Waals surface area contributed by atoms with Crippen LogP contribution in [0.3, 0.4) is 0 Å². The zero-order chi connectivity index (χ0) is 27.1. The Morgan fingerprint density at radius 3 is 2.44 bits per heavy atom. The number of alkyl halides is 2. The fraction of sp³-hybridized carbons (Fsp3) is 0.286. The quantitative estimate of drug-likeness (QED) is 0.294. The molecule has 1 aliphatic rings. The molecule has 0 spiro atoms. The zero-order valence-electron chi connectivity index (χ0n) is 21.1. The van der Waals surface area contributed by atoms with Crippen molar-refractivity contribution in [2.45, 2.75) is 31.9 Å². The normalized spacial score (nSPS) is 15.0. The monoisotopic (exact) mass is 534 g/mol. The van der Waals surface area contributed by atoms with E-state index in [2.05, 4.69) is 27.1 Å². The molecule has 0 amide bonds. The lowest BCUT2D eigenvalue weighted by molar-refractivity contribution is 0.116. The Kier molecular flexibility index (Phi) is 6.51. The van der Waals surface area contributed by atoms with E-state index in [9.17, 15) is 18.0 Å². The molecule has 0 atom stereocenters. The van der Waals surface area contributed by atoms with E-state index < -0.39 is 12.3 Å². The second kappa shape index (κ2) is 10.1. The van der Waals surface area contributed by atoms with Gasteiger partial charge in [-0.2, -0.15) is 8.78 Å². The third-order valence-corrected chi connectivity index (χ3v) is 7.19. The Hall–Kier alpha value is -4.25. The van der Waals surface area contributed by atoms with Crippen LogP contribution in [0.4, 0.5) is 13.2 Å². The van der Waals surface area contributed by atoms with E-state index in [-0.39, 0.29) is 30.0 Å². The number of hydrogen-bond donors (Lipinski definition) is 0. The molecule has 3 aromatic heterocycles. The van der Waals surface area contributed by atoms with Gasteiger partial charge in [-0.05, 0) is 80.5 Å². The summed E-state index contributed by atoms with van der Waals surface area (Å²) in [5.74, 6) is -1.12. The van der Waals surface area contributed by atoms with E-state index in [4.69, 9.17) is 4.42 Å². The van der Waals surface area contributed by atoms with Gasteiger partial charge in [0, 0.05) is 12.2 Å². The van der Waals surface area contributed by atoms with Crippen molar-refractivity contribution in [2.24, 2.45) is 0 Å². The Morgan fingerprint density at radius 1 is 0.974 bits per heavy atom. The molecule has 0 bridgehead atoms. The summed E-state index contributed by atoms with van der Waals surface area (Å²) in [5, 5.41) is 7.00. The van der Waals surface area contributed by atoms with E-state index in [0.29, 0.717) is 11.3 Å². The average molecular weight is 535 g/mol. The smallest absolute Gasteiger partial charge is 0.329 e. The zero-order valence-corrected chi connectivity index (χ0v) is 21.1. The molecular formula is C28H25F3N6O2. The maximum absolute atomic E-state index is 13.9. The minimum Gasteiger partial charge on any atom is -0.415 e. The van der Waals surface area contributed by atoms with Crippen molar-refractivity contribution in [1.82, 2.24) is 29.2 Å². The lowest BCUT2D eigenvalue weighted by Crippen LogP contribution is -2.36. The van der Waals surface area contributed by atoms with Crippen molar-refractivity contribution >= 4 is 11.0 Å². The lowest BCUT2D eigenvalue weighted by atomic mass is 10.0. The first-order chi connectivity index (χ1) is 18.9. The molecule has 4 heterocycles. The van der Waals surface area contributed by atoms with Gasteiger partial charge in [-0.3, -0.25) is 14.1 Å². The first-order valence-electron chi connectivity index (χ1n) is 12.6. The molecule has 200 valence electrons. The van der Waals surface area contributed by atoms with Crippen LogP contribution in [0.15, 0.2) is 70.0 Å². The van der Waals surface area contributed by atoms with Crippen LogP contribution < -0.4 is 5.69 Å². The molecule has 0 unspecified atom stereocenters. The number of piperidine rings is 1. The molecular weight excluding hydrogens is 509 g/mol. The van der Waals surface area contributed by atoms with E-state index in [1.807, 2.05) is 28.8 Å². The number of benzene rings is 2. The van der Waals surface area contributed by atoms with Crippen molar-refractivity contribution in [2.75, 3.05) is 20.1 Å². The van der Waals surface area contributed by atoms with Gasteiger partial charge in [-0.25, -0.2) is 9.18 Å². The molecule has 8 nitrogen and oxygen atoms in total. The number of hydrogen-bond acceptors (Lipinski definition) is 6. The van der Waals surface area contributed by atoms with Gasteiger partial charge < -0.3 is 9.32 Å². The number of nitrogens with zero attached hydrogens (tertiary/aromatic N) is 6. The van der Waals surface area contributed by atoms with Crippen LogP contribution in [0.25, 0.3) is 33.6 Å². The highest BCUT2D eigenvalue weighted by atomic mass is 19.3. The number of likely N-dealkylation sites (tertiary alicyclic amines) is 1. The minimum atomic E-state index is -2.85. The molecule has 0 N–H and O–H groups in total. The summed E-state index contributed by atoms with van der Waals surface area (Å²) in [5.41, 5.74) is 3.97. The van der Waals surface area contributed by atoms with E-state index in [0.717, 1.165) is 48.1 Å². The van der Waals surface area contributed by atoms with Crippen LogP contribution in [-0.4, -0.2) is 49.4 Å². The summed E-state index contributed by atoms with van der Waals surface area (Å²) in [7, 11) is 2.07. The second-order valence-electron chi connectivity index (χ2n) is 9.77. The predicted octanol–water partition coefficient (Wildman–Crippen LogP) is 5.31. The summed E-state index contributed by atoms with van der Waals surface area (Å²) in [6.45, 7) is 1.99. The lowest BCUT2D eigenvalue weighted by Gasteiger charge is -2.29. The van der Waals surface area contributed by atoms with Crippen LogP contribution in [0.1, 0.15) is 36.9 Å². The van der Waals surface area contributed by atoms with Crippen molar-refractivity contribution in [3.8, 4) is 22.6 Å². The van der Waals surface area contributed by atoms with Gasteiger partial charge in [-0.15, -0.1) is 10.2 Å². The van der Waals surface area contributed by atoms with E-state index in [1.54, 1.807) is 22.8 Å².